The van der Waals surface area contributed by atoms with Crippen LogP contribution in [-0.2, 0) is 0 Å². The van der Waals surface area contributed by atoms with E-state index in [9.17, 15) is 9.18 Å². The highest BCUT2D eigenvalue weighted by atomic mass is 19.1. The number of nitrogens with one attached hydrogen (secondary N) is 1. The molecule has 0 unspecified atom stereocenters. The zero-order valence-corrected chi connectivity index (χ0v) is 9.96. The molecule has 0 aliphatic heterocycles. The summed E-state index contributed by atoms with van der Waals surface area (Å²) in [6.07, 6.45) is 0.430. The molecule has 1 aromatic rings. The van der Waals surface area contributed by atoms with Crippen molar-refractivity contribution >= 4 is 11.6 Å². The van der Waals surface area contributed by atoms with Gasteiger partial charge in [-0.2, -0.15) is 0 Å². The maximum absolute atomic E-state index is 12.8. The quantitative estimate of drug-likeness (QED) is 0.694. The van der Waals surface area contributed by atoms with E-state index in [1.165, 1.54) is 12.1 Å². The van der Waals surface area contributed by atoms with Crippen LogP contribution < -0.4 is 11.1 Å². The molecule has 0 aliphatic carbocycles. The van der Waals surface area contributed by atoms with Crippen LogP contribution in [0.5, 0.6) is 0 Å². The average molecular weight is 240 g/mol. The van der Waals surface area contributed by atoms with E-state index in [2.05, 4.69) is 5.32 Å². The SMILES string of the molecule is CC(C)(CCO)NC(=O)c1ccc(F)cc1N. The molecule has 0 radical (unpaired) electrons. The van der Waals surface area contributed by atoms with Crippen LogP contribution in [0.2, 0.25) is 0 Å². The molecule has 1 aromatic carbocycles. The monoisotopic (exact) mass is 240 g/mol. The van der Waals surface area contributed by atoms with E-state index in [-0.39, 0.29) is 23.8 Å². The Morgan fingerprint density at radius 2 is 2.18 bits per heavy atom. The van der Waals surface area contributed by atoms with Crippen molar-refractivity contribution in [1.82, 2.24) is 5.32 Å². The molecule has 4 N–H and O–H groups in total. The molecule has 0 heterocycles. The van der Waals surface area contributed by atoms with Gasteiger partial charge in [-0.05, 0) is 38.5 Å². The lowest BCUT2D eigenvalue weighted by Gasteiger charge is -2.25. The van der Waals surface area contributed by atoms with E-state index >= 15 is 0 Å². The molecule has 0 atom stereocenters. The highest BCUT2D eigenvalue weighted by Crippen LogP contribution is 2.15. The summed E-state index contributed by atoms with van der Waals surface area (Å²) in [5.74, 6) is -0.852. The molecule has 1 rings (SSSR count). The number of benzene rings is 1. The van der Waals surface area contributed by atoms with Gasteiger partial charge in [0.25, 0.3) is 5.91 Å². The third-order valence-corrected chi connectivity index (χ3v) is 2.45. The maximum Gasteiger partial charge on any atom is 0.253 e. The second-order valence-corrected chi connectivity index (χ2v) is 4.54. The van der Waals surface area contributed by atoms with E-state index < -0.39 is 11.4 Å². The number of rotatable bonds is 4. The number of nitrogens with two attached hydrogens (primary N) is 1. The van der Waals surface area contributed by atoms with Gasteiger partial charge in [-0.25, -0.2) is 4.39 Å². The zero-order valence-electron chi connectivity index (χ0n) is 9.96. The fraction of sp³-hybridized carbons (Fsp3) is 0.417. The van der Waals surface area contributed by atoms with Crippen molar-refractivity contribution in [2.45, 2.75) is 25.8 Å². The van der Waals surface area contributed by atoms with Crippen LogP contribution in [0.25, 0.3) is 0 Å². The molecule has 0 fully saturated rings. The predicted octanol–water partition coefficient (Wildman–Crippen LogP) is 1.30. The largest absolute Gasteiger partial charge is 0.398 e. The van der Waals surface area contributed by atoms with Crippen molar-refractivity contribution in [1.29, 1.82) is 0 Å². The lowest BCUT2D eigenvalue weighted by Crippen LogP contribution is -2.44. The van der Waals surface area contributed by atoms with Crippen LogP contribution in [0, 0.1) is 5.82 Å². The van der Waals surface area contributed by atoms with Crippen molar-refractivity contribution in [3.05, 3.63) is 29.6 Å². The number of carbonyl (C=O) groups excluding carboxylic acids is 1. The number of hydrogen-bond donors (Lipinski definition) is 3. The number of hydrogen-bond acceptors (Lipinski definition) is 3. The molecule has 0 saturated carbocycles. The number of amides is 1. The third kappa shape index (κ3) is 3.71. The Hall–Kier alpha value is -1.62. The first-order valence-corrected chi connectivity index (χ1v) is 5.34. The van der Waals surface area contributed by atoms with Crippen LogP contribution in [0.4, 0.5) is 10.1 Å². The van der Waals surface area contributed by atoms with E-state index in [1.54, 1.807) is 13.8 Å². The fourth-order valence-corrected chi connectivity index (χ4v) is 1.46. The van der Waals surface area contributed by atoms with Crippen LogP contribution in [0.15, 0.2) is 18.2 Å². The summed E-state index contributed by atoms with van der Waals surface area (Å²) in [6, 6.07) is 3.63. The third-order valence-electron chi connectivity index (χ3n) is 2.45. The second-order valence-electron chi connectivity index (χ2n) is 4.54. The van der Waals surface area contributed by atoms with Crippen molar-refractivity contribution in [2.75, 3.05) is 12.3 Å². The lowest BCUT2D eigenvalue weighted by atomic mass is 10.0. The van der Waals surface area contributed by atoms with Gasteiger partial charge in [0.15, 0.2) is 0 Å². The van der Waals surface area contributed by atoms with Crippen molar-refractivity contribution in [3.8, 4) is 0 Å². The molecular formula is C12H17FN2O2. The normalized spacial score (nSPS) is 11.3. The Kier molecular flexibility index (Phi) is 4.07. The first-order valence-electron chi connectivity index (χ1n) is 5.34. The first kappa shape index (κ1) is 13.4. The van der Waals surface area contributed by atoms with Gasteiger partial charge in [-0.1, -0.05) is 0 Å². The molecule has 4 nitrogen and oxygen atoms in total. The summed E-state index contributed by atoms with van der Waals surface area (Å²) < 4.78 is 12.8. The molecule has 0 spiro atoms. The number of halogens is 1. The molecule has 1 amide bonds. The molecule has 17 heavy (non-hydrogen) atoms. The molecular weight excluding hydrogens is 223 g/mol. The van der Waals surface area contributed by atoms with Gasteiger partial charge in [0.05, 0.1) is 5.56 Å². The van der Waals surface area contributed by atoms with Gasteiger partial charge in [0.2, 0.25) is 0 Å². The van der Waals surface area contributed by atoms with Gasteiger partial charge in [-0.3, -0.25) is 4.79 Å². The second kappa shape index (κ2) is 5.14. The number of carbonyl (C=O) groups is 1. The first-order chi connectivity index (χ1) is 7.85. The standard InChI is InChI=1S/C12H17FN2O2/c1-12(2,5-6-16)15-11(17)9-4-3-8(13)7-10(9)14/h3-4,7,16H,5-6,14H2,1-2H3,(H,15,17). The Balaban J connectivity index is 2.83. The number of aliphatic hydroxyl groups excluding tert-OH is 1. The number of nitrogen functional groups attached to an aromatic ring is 1. The minimum atomic E-state index is -0.535. The molecule has 0 aliphatic rings. The van der Waals surface area contributed by atoms with Crippen molar-refractivity contribution in [2.24, 2.45) is 0 Å². The average Bonchev–Trinajstić information content (AvgIpc) is 2.15. The van der Waals surface area contributed by atoms with Gasteiger partial charge in [0.1, 0.15) is 5.82 Å². The van der Waals surface area contributed by atoms with Crippen molar-refractivity contribution in [3.63, 3.8) is 0 Å². The van der Waals surface area contributed by atoms with E-state index in [0.717, 1.165) is 6.07 Å². The van der Waals surface area contributed by atoms with Crippen LogP contribution >= 0.6 is 0 Å². The van der Waals surface area contributed by atoms with Crippen LogP contribution in [-0.4, -0.2) is 23.2 Å². The Morgan fingerprint density at radius 3 is 2.71 bits per heavy atom. The van der Waals surface area contributed by atoms with Gasteiger partial charge >= 0.3 is 0 Å². The zero-order chi connectivity index (χ0) is 13.1. The smallest absolute Gasteiger partial charge is 0.253 e. The maximum atomic E-state index is 12.8. The summed E-state index contributed by atoms with van der Waals surface area (Å²) in [4.78, 5) is 11.9. The highest BCUT2D eigenvalue weighted by molar-refractivity contribution is 5.99. The summed E-state index contributed by atoms with van der Waals surface area (Å²) in [5, 5.41) is 11.6. The lowest BCUT2D eigenvalue weighted by molar-refractivity contribution is 0.0900. The minimum Gasteiger partial charge on any atom is -0.398 e. The molecule has 94 valence electrons. The summed E-state index contributed by atoms with van der Waals surface area (Å²) in [5.41, 5.74) is 5.36. The van der Waals surface area contributed by atoms with Gasteiger partial charge in [0, 0.05) is 17.8 Å². The molecule has 5 heteroatoms. The Labute approximate surface area is 99.6 Å². The number of aliphatic hydroxyl groups is 1. The van der Waals surface area contributed by atoms with Gasteiger partial charge < -0.3 is 16.2 Å². The minimum absolute atomic E-state index is 0.0216. The fourth-order valence-electron chi connectivity index (χ4n) is 1.46. The Bertz CT molecular complexity index is 419. The number of anilines is 1. The molecule has 0 saturated heterocycles. The summed E-state index contributed by atoms with van der Waals surface area (Å²) >= 11 is 0. The molecule has 0 bridgehead atoms. The van der Waals surface area contributed by atoms with E-state index in [4.69, 9.17) is 10.8 Å². The van der Waals surface area contributed by atoms with Crippen LogP contribution in [0.1, 0.15) is 30.6 Å². The Morgan fingerprint density at radius 1 is 1.53 bits per heavy atom. The van der Waals surface area contributed by atoms with Gasteiger partial charge in [-0.15, -0.1) is 0 Å². The van der Waals surface area contributed by atoms with E-state index in [1.807, 2.05) is 0 Å². The van der Waals surface area contributed by atoms with E-state index in [0.29, 0.717) is 6.42 Å². The highest BCUT2D eigenvalue weighted by Gasteiger charge is 2.21. The van der Waals surface area contributed by atoms with Crippen LogP contribution in [0.3, 0.4) is 0 Å². The van der Waals surface area contributed by atoms with Crippen molar-refractivity contribution < 1.29 is 14.3 Å². The topological polar surface area (TPSA) is 75.3 Å². The predicted molar refractivity (Wildman–Crippen MR) is 64.1 cm³/mol. The summed E-state index contributed by atoms with van der Waals surface area (Å²) in [6.45, 7) is 3.56. The molecule has 0 aromatic heterocycles. The summed E-state index contributed by atoms with van der Waals surface area (Å²) in [7, 11) is 0.